The summed E-state index contributed by atoms with van der Waals surface area (Å²) in [6, 6.07) is 11.3. The molecule has 1 fully saturated rings. The van der Waals surface area contributed by atoms with Crippen molar-refractivity contribution in [2.75, 3.05) is 12.8 Å². The van der Waals surface area contributed by atoms with Crippen LogP contribution in [-0.4, -0.2) is 12.8 Å². The van der Waals surface area contributed by atoms with Crippen LogP contribution < -0.4 is 0 Å². The molecule has 0 saturated carbocycles. The SMILES string of the molecule is CCP1(=O)OCCC(C#N)(c2ccccc2)O1. The van der Waals surface area contributed by atoms with Crippen LogP contribution in [0.3, 0.4) is 0 Å². The van der Waals surface area contributed by atoms with Crippen LogP contribution in [0, 0.1) is 11.3 Å². The Morgan fingerprint density at radius 3 is 2.76 bits per heavy atom. The molecule has 0 N–H and O–H groups in total. The van der Waals surface area contributed by atoms with E-state index in [0.29, 0.717) is 6.42 Å². The molecule has 0 bridgehead atoms. The summed E-state index contributed by atoms with van der Waals surface area (Å²) in [5.41, 5.74) is -0.398. The lowest BCUT2D eigenvalue weighted by atomic mass is 9.92. The Morgan fingerprint density at radius 1 is 1.47 bits per heavy atom. The molecule has 1 aromatic rings. The lowest BCUT2D eigenvalue weighted by Gasteiger charge is -2.35. The van der Waals surface area contributed by atoms with Crippen LogP contribution in [0.15, 0.2) is 30.3 Å². The van der Waals surface area contributed by atoms with Gasteiger partial charge in [-0.25, -0.2) is 0 Å². The van der Waals surface area contributed by atoms with Crippen LogP contribution in [0.4, 0.5) is 0 Å². The Bertz CT molecular complexity index is 482. The summed E-state index contributed by atoms with van der Waals surface area (Å²) < 4.78 is 22.8. The minimum atomic E-state index is -3.12. The first kappa shape index (κ1) is 12.3. The minimum Gasteiger partial charge on any atom is -0.308 e. The van der Waals surface area contributed by atoms with Gasteiger partial charge in [0.1, 0.15) is 6.07 Å². The number of hydrogen-bond acceptors (Lipinski definition) is 4. The Kier molecular flexibility index (Phi) is 3.35. The summed E-state index contributed by atoms with van der Waals surface area (Å²) in [7, 11) is -3.12. The fraction of sp³-hybridized carbons (Fsp3) is 0.417. The molecule has 1 aliphatic rings. The molecule has 0 radical (unpaired) electrons. The largest absolute Gasteiger partial charge is 0.332 e. The Balaban J connectivity index is 2.40. The molecule has 17 heavy (non-hydrogen) atoms. The van der Waals surface area contributed by atoms with Gasteiger partial charge in [0, 0.05) is 12.6 Å². The Labute approximate surface area is 101 Å². The van der Waals surface area contributed by atoms with Crippen molar-refractivity contribution >= 4 is 7.60 Å². The van der Waals surface area contributed by atoms with Crippen LogP contribution >= 0.6 is 7.60 Å². The summed E-state index contributed by atoms with van der Waals surface area (Å²) >= 11 is 0. The lowest BCUT2D eigenvalue weighted by molar-refractivity contribution is 0.0304. The highest BCUT2D eigenvalue weighted by Gasteiger charge is 2.44. The molecule has 1 aliphatic heterocycles. The summed E-state index contributed by atoms with van der Waals surface area (Å²) in [5, 5.41) is 9.37. The number of benzene rings is 1. The zero-order valence-corrected chi connectivity index (χ0v) is 10.5. The molecule has 1 saturated heterocycles. The average Bonchev–Trinajstić information content (AvgIpc) is 2.40. The van der Waals surface area contributed by atoms with Crippen LogP contribution in [0.25, 0.3) is 0 Å². The van der Waals surface area contributed by atoms with Crippen LogP contribution in [0.5, 0.6) is 0 Å². The van der Waals surface area contributed by atoms with Gasteiger partial charge in [0.15, 0.2) is 5.60 Å². The third-order valence-electron chi connectivity index (χ3n) is 2.85. The topological polar surface area (TPSA) is 59.3 Å². The van der Waals surface area contributed by atoms with Crippen molar-refractivity contribution in [3.63, 3.8) is 0 Å². The number of hydrogen-bond donors (Lipinski definition) is 0. The number of rotatable bonds is 2. The van der Waals surface area contributed by atoms with Crippen molar-refractivity contribution in [1.29, 1.82) is 5.26 Å². The van der Waals surface area contributed by atoms with Gasteiger partial charge >= 0.3 is 7.60 Å². The Morgan fingerprint density at radius 2 is 2.18 bits per heavy atom. The summed E-state index contributed by atoms with van der Waals surface area (Å²) in [4.78, 5) is 0. The molecule has 4 nitrogen and oxygen atoms in total. The quantitative estimate of drug-likeness (QED) is 0.758. The van der Waals surface area contributed by atoms with Gasteiger partial charge in [-0.3, -0.25) is 9.09 Å². The van der Waals surface area contributed by atoms with E-state index in [1.165, 1.54) is 0 Å². The van der Waals surface area contributed by atoms with Crippen molar-refractivity contribution in [2.45, 2.75) is 18.9 Å². The van der Waals surface area contributed by atoms with Crippen molar-refractivity contribution in [2.24, 2.45) is 0 Å². The molecular formula is C12H14NO3P. The molecule has 2 atom stereocenters. The van der Waals surface area contributed by atoms with E-state index in [1.807, 2.05) is 30.3 Å². The average molecular weight is 251 g/mol. The maximum Gasteiger partial charge on any atom is 0.332 e. The van der Waals surface area contributed by atoms with E-state index in [9.17, 15) is 9.83 Å². The van der Waals surface area contributed by atoms with Gasteiger partial charge in [-0.15, -0.1) is 0 Å². The molecular weight excluding hydrogens is 237 g/mol. The maximum atomic E-state index is 12.2. The van der Waals surface area contributed by atoms with E-state index in [2.05, 4.69) is 6.07 Å². The van der Waals surface area contributed by atoms with Gasteiger partial charge in [0.2, 0.25) is 0 Å². The van der Waals surface area contributed by atoms with Crippen LogP contribution in [0.2, 0.25) is 0 Å². The first-order chi connectivity index (χ1) is 8.14. The molecule has 0 amide bonds. The molecule has 2 rings (SSSR count). The van der Waals surface area contributed by atoms with Crippen molar-refractivity contribution in [3.05, 3.63) is 35.9 Å². The molecule has 5 heteroatoms. The first-order valence-corrected chi connectivity index (χ1v) is 7.28. The lowest BCUT2D eigenvalue weighted by Crippen LogP contribution is -2.33. The second kappa shape index (κ2) is 4.62. The number of nitrogens with zero attached hydrogens (tertiary/aromatic N) is 1. The second-order valence-corrected chi connectivity index (χ2v) is 6.20. The fourth-order valence-corrected chi connectivity index (χ4v) is 3.29. The van der Waals surface area contributed by atoms with E-state index in [1.54, 1.807) is 6.92 Å². The van der Waals surface area contributed by atoms with Gasteiger partial charge in [0.05, 0.1) is 6.61 Å². The Hall–Kier alpha value is -1.14. The fourth-order valence-electron chi connectivity index (χ4n) is 1.84. The van der Waals surface area contributed by atoms with Crippen molar-refractivity contribution < 1.29 is 13.6 Å². The minimum absolute atomic E-state index is 0.281. The molecule has 0 spiro atoms. The third-order valence-corrected chi connectivity index (χ3v) is 4.79. The van der Waals surface area contributed by atoms with Gasteiger partial charge in [-0.1, -0.05) is 37.3 Å². The highest BCUT2D eigenvalue weighted by Crippen LogP contribution is 2.57. The normalized spacial score (nSPS) is 32.9. The molecule has 1 heterocycles. The molecule has 2 unspecified atom stereocenters. The second-order valence-electron chi connectivity index (χ2n) is 3.91. The predicted octanol–water partition coefficient (Wildman–Crippen LogP) is 3.06. The summed E-state index contributed by atoms with van der Waals surface area (Å²) in [5.74, 6) is 0. The van der Waals surface area contributed by atoms with Crippen LogP contribution in [-0.2, 0) is 19.2 Å². The van der Waals surface area contributed by atoms with Crippen molar-refractivity contribution in [1.82, 2.24) is 0 Å². The van der Waals surface area contributed by atoms with E-state index in [4.69, 9.17) is 9.05 Å². The van der Waals surface area contributed by atoms with Gasteiger partial charge in [-0.05, 0) is 5.56 Å². The molecule has 1 aromatic carbocycles. The predicted molar refractivity (Wildman–Crippen MR) is 63.5 cm³/mol. The summed E-state index contributed by atoms with van der Waals surface area (Å²) in [6.45, 7) is 2.02. The van der Waals surface area contributed by atoms with E-state index in [0.717, 1.165) is 5.56 Å². The van der Waals surface area contributed by atoms with E-state index in [-0.39, 0.29) is 12.8 Å². The number of nitriles is 1. The van der Waals surface area contributed by atoms with Gasteiger partial charge in [-0.2, -0.15) is 5.26 Å². The van der Waals surface area contributed by atoms with Crippen LogP contribution in [0.1, 0.15) is 18.9 Å². The highest BCUT2D eigenvalue weighted by atomic mass is 31.2. The zero-order chi connectivity index (χ0) is 12.4. The monoisotopic (exact) mass is 251 g/mol. The molecule has 90 valence electrons. The molecule has 0 aliphatic carbocycles. The van der Waals surface area contributed by atoms with E-state index < -0.39 is 13.2 Å². The smallest absolute Gasteiger partial charge is 0.308 e. The zero-order valence-electron chi connectivity index (χ0n) is 9.63. The maximum absolute atomic E-state index is 12.2. The van der Waals surface area contributed by atoms with Gasteiger partial charge in [0.25, 0.3) is 0 Å². The first-order valence-electron chi connectivity index (χ1n) is 5.55. The van der Waals surface area contributed by atoms with Crippen molar-refractivity contribution in [3.8, 4) is 6.07 Å². The van der Waals surface area contributed by atoms with E-state index >= 15 is 0 Å². The summed E-state index contributed by atoms with van der Waals surface area (Å²) in [6.07, 6.45) is 0.681. The highest BCUT2D eigenvalue weighted by molar-refractivity contribution is 7.53. The molecule has 0 aromatic heterocycles. The standard InChI is InChI=1S/C12H14NO3P/c1-2-17(14)15-9-8-12(10-13,16-17)11-6-4-3-5-7-11/h3-7H,2,8-9H2,1H3. The third kappa shape index (κ3) is 2.28. The van der Waals surface area contributed by atoms with Gasteiger partial charge < -0.3 is 4.52 Å².